The number of nitrogens with one attached hydrogen (secondary N) is 1. The third-order valence-electron chi connectivity index (χ3n) is 2.32. The molecule has 2 heterocycles. The lowest BCUT2D eigenvalue weighted by Gasteiger charge is -2.25. The molecule has 0 unspecified atom stereocenters. The van der Waals surface area contributed by atoms with Crippen molar-refractivity contribution in [2.45, 2.75) is 5.03 Å². The lowest BCUT2D eigenvalue weighted by molar-refractivity contribution is -0.122. The van der Waals surface area contributed by atoms with E-state index in [4.69, 9.17) is 0 Å². The molecule has 1 aromatic rings. The van der Waals surface area contributed by atoms with Gasteiger partial charge >= 0.3 is 0 Å². The number of sulfonamides is 1. The van der Waals surface area contributed by atoms with Gasteiger partial charge in [-0.15, -0.1) is 5.10 Å². The van der Waals surface area contributed by atoms with E-state index in [1.807, 2.05) is 0 Å². The van der Waals surface area contributed by atoms with E-state index in [9.17, 15) is 13.2 Å². The molecule has 10 heteroatoms. The van der Waals surface area contributed by atoms with E-state index in [-0.39, 0.29) is 28.6 Å². The summed E-state index contributed by atoms with van der Waals surface area (Å²) in [5.41, 5.74) is 0. The largest absolute Gasteiger partial charge is 0.354 e. The summed E-state index contributed by atoms with van der Waals surface area (Å²) in [6.07, 6.45) is 0. The van der Waals surface area contributed by atoms with Gasteiger partial charge < -0.3 is 5.32 Å². The van der Waals surface area contributed by atoms with Gasteiger partial charge in [0.1, 0.15) is 0 Å². The normalized spacial score (nSPS) is 18.1. The van der Waals surface area contributed by atoms with Crippen LogP contribution in [0.2, 0.25) is 0 Å². The van der Waals surface area contributed by atoms with E-state index >= 15 is 0 Å². The molecule has 0 radical (unpaired) electrons. The van der Waals surface area contributed by atoms with Gasteiger partial charge in [-0.1, -0.05) is 5.21 Å². The molecule has 94 valence electrons. The van der Waals surface area contributed by atoms with Crippen molar-refractivity contribution < 1.29 is 13.2 Å². The topological polar surface area (TPSA) is 97.2 Å². The maximum Gasteiger partial charge on any atom is 0.263 e. The lowest BCUT2D eigenvalue weighted by atomic mass is 10.4. The molecule has 2 rings (SSSR count). The Balaban J connectivity index is 2.40. The Kier molecular flexibility index (Phi) is 3.19. The summed E-state index contributed by atoms with van der Waals surface area (Å²) in [7, 11) is -2.27. The molecule has 1 amide bonds. The Bertz CT molecular complexity index is 534. The average molecular weight is 324 g/mol. The van der Waals surface area contributed by atoms with Gasteiger partial charge in [0, 0.05) is 20.1 Å². The predicted molar refractivity (Wildman–Crippen MR) is 60.5 cm³/mol. The standard InChI is InChI=1S/C7H10BrN5O3S/c1-12-7(6(8)10-11-12)17(15,16)13-3-2-9-5(14)4-13/h2-4H2,1H3,(H,9,14). The third kappa shape index (κ3) is 2.19. The zero-order valence-electron chi connectivity index (χ0n) is 8.92. The van der Waals surface area contributed by atoms with Crippen LogP contribution in [0, 0.1) is 0 Å². The number of rotatable bonds is 2. The monoisotopic (exact) mass is 323 g/mol. The molecule has 0 bridgehead atoms. The van der Waals surface area contributed by atoms with Gasteiger partial charge in [0.05, 0.1) is 6.54 Å². The molecule has 1 N–H and O–H groups in total. The van der Waals surface area contributed by atoms with Crippen LogP contribution in [-0.4, -0.2) is 53.3 Å². The predicted octanol–water partition coefficient (Wildman–Crippen LogP) is -1.30. The molecular formula is C7H10BrN5O3S. The second-order valence-electron chi connectivity index (χ2n) is 3.50. The van der Waals surface area contributed by atoms with E-state index < -0.39 is 10.0 Å². The van der Waals surface area contributed by atoms with Gasteiger partial charge in [-0.2, -0.15) is 4.31 Å². The van der Waals surface area contributed by atoms with Crippen molar-refractivity contribution in [3.8, 4) is 0 Å². The van der Waals surface area contributed by atoms with E-state index in [0.29, 0.717) is 6.54 Å². The van der Waals surface area contributed by atoms with Crippen molar-refractivity contribution >= 4 is 31.9 Å². The number of aromatic nitrogens is 3. The molecule has 17 heavy (non-hydrogen) atoms. The molecule has 0 aliphatic carbocycles. The van der Waals surface area contributed by atoms with Crippen LogP contribution >= 0.6 is 15.9 Å². The van der Waals surface area contributed by atoms with E-state index in [0.717, 1.165) is 8.99 Å². The smallest absolute Gasteiger partial charge is 0.263 e. The summed E-state index contributed by atoms with van der Waals surface area (Å²) >= 11 is 3.03. The van der Waals surface area contributed by atoms with Gasteiger partial charge in [-0.25, -0.2) is 13.1 Å². The summed E-state index contributed by atoms with van der Waals surface area (Å²) in [6, 6.07) is 0. The van der Waals surface area contributed by atoms with Crippen LogP contribution in [0.1, 0.15) is 0 Å². The summed E-state index contributed by atoms with van der Waals surface area (Å²) in [6.45, 7) is 0.368. The minimum Gasteiger partial charge on any atom is -0.354 e. The zero-order chi connectivity index (χ0) is 12.6. The summed E-state index contributed by atoms with van der Waals surface area (Å²) in [5, 5.41) is 9.74. The fraction of sp³-hybridized carbons (Fsp3) is 0.571. The summed E-state index contributed by atoms with van der Waals surface area (Å²) in [5.74, 6) is -0.314. The minimum absolute atomic E-state index is 0.0489. The summed E-state index contributed by atoms with van der Waals surface area (Å²) < 4.78 is 26.9. The zero-order valence-corrected chi connectivity index (χ0v) is 11.3. The molecular weight excluding hydrogens is 314 g/mol. The van der Waals surface area contributed by atoms with Crippen LogP contribution < -0.4 is 5.32 Å². The molecule has 0 aromatic carbocycles. The van der Waals surface area contributed by atoms with Gasteiger partial charge in [0.25, 0.3) is 10.0 Å². The highest BCUT2D eigenvalue weighted by molar-refractivity contribution is 9.10. The third-order valence-corrected chi connectivity index (χ3v) is 5.06. The van der Waals surface area contributed by atoms with Crippen LogP contribution in [0.5, 0.6) is 0 Å². The van der Waals surface area contributed by atoms with Crippen LogP contribution in [0.15, 0.2) is 9.63 Å². The highest BCUT2D eigenvalue weighted by Crippen LogP contribution is 2.22. The maximum atomic E-state index is 12.3. The Morgan fingerprint density at radius 3 is 2.71 bits per heavy atom. The van der Waals surface area contributed by atoms with Gasteiger partial charge in [0.15, 0.2) is 4.60 Å². The fourth-order valence-electron chi connectivity index (χ4n) is 1.54. The number of piperazine rings is 1. The summed E-state index contributed by atoms with van der Waals surface area (Å²) in [4.78, 5) is 11.2. The number of carbonyl (C=O) groups excluding carboxylic acids is 1. The molecule has 1 aliphatic rings. The van der Waals surface area contributed by atoms with E-state index in [1.165, 1.54) is 7.05 Å². The SMILES string of the molecule is Cn1nnc(Br)c1S(=O)(=O)N1CCNC(=O)C1. The molecule has 1 aromatic heterocycles. The molecule has 1 saturated heterocycles. The second kappa shape index (κ2) is 4.35. The minimum atomic E-state index is -3.75. The van der Waals surface area contributed by atoms with Crippen LogP contribution in [0.25, 0.3) is 0 Å². The van der Waals surface area contributed by atoms with Crippen LogP contribution in [0.4, 0.5) is 0 Å². The Morgan fingerprint density at radius 2 is 2.18 bits per heavy atom. The molecule has 1 fully saturated rings. The number of carbonyl (C=O) groups is 1. The number of nitrogens with zero attached hydrogens (tertiary/aromatic N) is 4. The lowest BCUT2D eigenvalue weighted by Crippen LogP contribution is -2.50. The van der Waals surface area contributed by atoms with Gasteiger partial charge in [0.2, 0.25) is 10.9 Å². The van der Waals surface area contributed by atoms with Crippen molar-refractivity contribution in [2.75, 3.05) is 19.6 Å². The molecule has 0 spiro atoms. The first-order valence-corrected chi connectivity index (χ1v) is 6.98. The van der Waals surface area contributed by atoms with Crippen LogP contribution in [-0.2, 0) is 21.9 Å². The molecule has 0 atom stereocenters. The van der Waals surface area contributed by atoms with Gasteiger partial charge in [-0.05, 0) is 15.9 Å². The van der Waals surface area contributed by atoms with Crippen LogP contribution in [0.3, 0.4) is 0 Å². The first-order valence-electron chi connectivity index (χ1n) is 4.75. The van der Waals surface area contributed by atoms with Crippen molar-refractivity contribution in [1.82, 2.24) is 24.6 Å². The Hall–Kier alpha value is -1.00. The number of hydrogen-bond acceptors (Lipinski definition) is 5. The second-order valence-corrected chi connectivity index (χ2v) is 6.10. The molecule has 0 saturated carbocycles. The van der Waals surface area contributed by atoms with E-state index in [1.54, 1.807) is 0 Å². The number of aryl methyl sites for hydroxylation is 1. The van der Waals surface area contributed by atoms with Gasteiger partial charge in [-0.3, -0.25) is 4.79 Å². The quantitative estimate of drug-likeness (QED) is 0.729. The Morgan fingerprint density at radius 1 is 1.47 bits per heavy atom. The highest BCUT2D eigenvalue weighted by Gasteiger charge is 2.33. The first-order chi connectivity index (χ1) is 7.93. The average Bonchev–Trinajstić information content (AvgIpc) is 2.59. The maximum absolute atomic E-state index is 12.3. The van der Waals surface area contributed by atoms with Crippen molar-refractivity contribution in [3.05, 3.63) is 4.60 Å². The number of hydrogen-bond donors (Lipinski definition) is 1. The first kappa shape index (κ1) is 12.5. The fourth-order valence-corrected chi connectivity index (χ4v) is 3.97. The number of amides is 1. The van der Waals surface area contributed by atoms with Crippen molar-refractivity contribution in [2.24, 2.45) is 7.05 Å². The van der Waals surface area contributed by atoms with Crippen molar-refractivity contribution in [1.29, 1.82) is 0 Å². The van der Waals surface area contributed by atoms with Crippen molar-refractivity contribution in [3.63, 3.8) is 0 Å². The molecule has 8 nitrogen and oxygen atoms in total. The highest BCUT2D eigenvalue weighted by atomic mass is 79.9. The Labute approximate surface area is 106 Å². The number of halogens is 1. The molecule has 1 aliphatic heterocycles. The van der Waals surface area contributed by atoms with E-state index in [2.05, 4.69) is 31.6 Å².